The van der Waals surface area contributed by atoms with Crippen LogP contribution in [0.1, 0.15) is 44.4 Å². The Balaban J connectivity index is 2.06. The highest BCUT2D eigenvalue weighted by Gasteiger charge is 2.24. The van der Waals surface area contributed by atoms with Gasteiger partial charge in [-0.15, -0.1) is 10.2 Å². The van der Waals surface area contributed by atoms with Crippen molar-refractivity contribution in [3.63, 3.8) is 0 Å². The third kappa shape index (κ3) is 1.95. The summed E-state index contributed by atoms with van der Waals surface area (Å²) in [7, 11) is 0. The van der Waals surface area contributed by atoms with Gasteiger partial charge in [0.05, 0.1) is 0 Å². The summed E-state index contributed by atoms with van der Waals surface area (Å²) in [5.74, 6) is 2.04. The molecule has 2 unspecified atom stereocenters. The lowest BCUT2D eigenvalue weighted by Crippen LogP contribution is -2.34. The molecule has 0 amide bonds. The number of piperidine rings is 1. The predicted molar refractivity (Wildman–Crippen MR) is 53.1 cm³/mol. The van der Waals surface area contributed by atoms with Crippen LogP contribution in [0.15, 0.2) is 4.42 Å². The Morgan fingerprint density at radius 2 is 2.36 bits per heavy atom. The molecule has 1 aromatic heterocycles. The van der Waals surface area contributed by atoms with E-state index in [1.165, 1.54) is 0 Å². The topological polar surface area (TPSA) is 51.0 Å². The van der Waals surface area contributed by atoms with Gasteiger partial charge in [-0.3, -0.25) is 0 Å². The molecule has 0 aliphatic carbocycles. The first-order valence-electron chi connectivity index (χ1n) is 5.35. The van der Waals surface area contributed by atoms with E-state index < -0.39 is 0 Å². The van der Waals surface area contributed by atoms with Crippen LogP contribution in [0.2, 0.25) is 0 Å². The van der Waals surface area contributed by atoms with Gasteiger partial charge in [0.15, 0.2) is 0 Å². The third-order valence-corrected chi connectivity index (χ3v) is 2.76. The Morgan fingerprint density at radius 3 is 3.00 bits per heavy atom. The summed E-state index contributed by atoms with van der Waals surface area (Å²) in [5.41, 5.74) is 0. The van der Waals surface area contributed by atoms with Crippen molar-refractivity contribution in [2.24, 2.45) is 0 Å². The molecule has 0 bridgehead atoms. The molecule has 1 aliphatic heterocycles. The number of nitrogens with zero attached hydrogens (tertiary/aromatic N) is 2. The van der Waals surface area contributed by atoms with E-state index in [1.807, 2.05) is 6.92 Å². The minimum absolute atomic E-state index is 0.457. The lowest BCUT2D eigenvalue weighted by atomic mass is 9.93. The van der Waals surface area contributed by atoms with Gasteiger partial charge in [-0.1, -0.05) is 6.92 Å². The molecular formula is C10H17N3O. The molecule has 2 heterocycles. The van der Waals surface area contributed by atoms with Crippen LogP contribution in [0.3, 0.4) is 0 Å². The molecule has 14 heavy (non-hydrogen) atoms. The van der Waals surface area contributed by atoms with Gasteiger partial charge in [0.2, 0.25) is 11.8 Å². The Morgan fingerprint density at radius 1 is 1.50 bits per heavy atom. The molecule has 4 nitrogen and oxygen atoms in total. The van der Waals surface area contributed by atoms with Crippen molar-refractivity contribution in [3.05, 3.63) is 11.8 Å². The summed E-state index contributed by atoms with van der Waals surface area (Å²) in [6.45, 7) is 5.28. The van der Waals surface area contributed by atoms with Gasteiger partial charge in [-0.2, -0.15) is 0 Å². The largest absolute Gasteiger partial charge is 0.425 e. The van der Waals surface area contributed by atoms with Crippen molar-refractivity contribution in [1.29, 1.82) is 0 Å². The van der Waals surface area contributed by atoms with Crippen LogP contribution in [0.25, 0.3) is 0 Å². The fraction of sp³-hybridized carbons (Fsp3) is 0.800. The summed E-state index contributed by atoms with van der Waals surface area (Å²) in [4.78, 5) is 0. The normalized spacial score (nSPS) is 27.9. The van der Waals surface area contributed by atoms with Crippen molar-refractivity contribution in [1.82, 2.24) is 15.5 Å². The SMILES string of the molecule is CCc1nnc(C2CCNC(C)C2)o1. The van der Waals surface area contributed by atoms with Crippen molar-refractivity contribution >= 4 is 0 Å². The second-order valence-corrected chi connectivity index (χ2v) is 3.96. The minimum atomic E-state index is 0.457. The summed E-state index contributed by atoms with van der Waals surface area (Å²) in [6, 6.07) is 0.561. The van der Waals surface area contributed by atoms with E-state index in [0.717, 1.165) is 37.6 Å². The number of hydrogen-bond acceptors (Lipinski definition) is 4. The quantitative estimate of drug-likeness (QED) is 0.776. The molecule has 1 aromatic rings. The van der Waals surface area contributed by atoms with Crippen LogP contribution in [0.5, 0.6) is 0 Å². The molecule has 1 N–H and O–H groups in total. The van der Waals surface area contributed by atoms with Gasteiger partial charge in [0.1, 0.15) is 0 Å². The van der Waals surface area contributed by atoms with Crippen molar-refractivity contribution in [2.75, 3.05) is 6.54 Å². The van der Waals surface area contributed by atoms with E-state index in [4.69, 9.17) is 4.42 Å². The molecule has 0 aromatic carbocycles. The lowest BCUT2D eigenvalue weighted by molar-refractivity contribution is 0.323. The fourth-order valence-corrected chi connectivity index (χ4v) is 1.93. The van der Waals surface area contributed by atoms with E-state index in [2.05, 4.69) is 22.4 Å². The number of aromatic nitrogens is 2. The van der Waals surface area contributed by atoms with E-state index in [9.17, 15) is 0 Å². The average Bonchev–Trinajstić information content (AvgIpc) is 2.66. The fourth-order valence-electron chi connectivity index (χ4n) is 1.93. The number of nitrogens with one attached hydrogen (secondary N) is 1. The predicted octanol–water partition coefficient (Wildman–Crippen LogP) is 1.49. The zero-order valence-corrected chi connectivity index (χ0v) is 8.79. The van der Waals surface area contributed by atoms with E-state index in [1.54, 1.807) is 0 Å². The van der Waals surface area contributed by atoms with Crippen molar-refractivity contribution in [3.8, 4) is 0 Å². The smallest absolute Gasteiger partial charge is 0.219 e. The van der Waals surface area contributed by atoms with Crippen LogP contribution >= 0.6 is 0 Å². The zero-order chi connectivity index (χ0) is 9.97. The maximum atomic E-state index is 5.57. The highest BCUT2D eigenvalue weighted by Crippen LogP contribution is 2.26. The first kappa shape index (κ1) is 9.65. The summed E-state index contributed by atoms with van der Waals surface area (Å²) < 4.78 is 5.57. The molecule has 0 spiro atoms. The number of rotatable bonds is 2. The Bertz CT molecular complexity index is 297. The van der Waals surface area contributed by atoms with Gasteiger partial charge in [-0.05, 0) is 26.3 Å². The molecule has 0 saturated carbocycles. The Hall–Kier alpha value is -0.900. The molecule has 1 saturated heterocycles. The van der Waals surface area contributed by atoms with Crippen molar-refractivity contribution in [2.45, 2.75) is 45.1 Å². The van der Waals surface area contributed by atoms with Gasteiger partial charge in [0, 0.05) is 18.4 Å². The monoisotopic (exact) mass is 195 g/mol. The first-order chi connectivity index (χ1) is 6.79. The standard InChI is InChI=1S/C10H17N3O/c1-3-9-12-13-10(14-9)8-4-5-11-7(2)6-8/h7-8,11H,3-6H2,1-2H3. The Labute approximate surface area is 84.1 Å². The summed E-state index contributed by atoms with van der Waals surface area (Å²) >= 11 is 0. The van der Waals surface area contributed by atoms with Gasteiger partial charge >= 0.3 is 0 Å². The van der Waals surface area contributed by atoms with Crippen LogP contribution in [-0.4, -0.2) is 22.8 Å². The summed E-state index contributed by atoms with van der Waals surface area (Å²) in [6.07, 6.45) is 3.04. The molecule has 78 valence electrons. The van der Waals surface area contributed by atoms with Crippen molar-refractivity contribution < 1.29 is 4.42 Å². The maximum absolute atomic E-state index is 5.57. The molecule has 0 radical (unpaired) electrons. The van der Waals surface area contributed by atoms with E-state index >= 15 is 0 Å². The van der Waals surface area contributed by atoms with Crippen LogP contribution < -0.4 is 5.32 Å². The second kappa shape index (κ2) is 4.09. The molecule has 2 atom stereocenters. The maximum Gasteiger partial charge on any atom is 0.219 e. The lowest BCUT2D eigenvalue weighted by Gasteiger charge is -2.25. The summed E-state index contributed by atoms with van der Waals surface area (Å²) in [5, 5.41) is 11.5. The highest BCUT2D eigenvalue weighted by molar-refractivity contribution is 4.95. The van der Waals surface area contributed by atoms with E-state index in [-0.39, 0.29) is 0 Å². The molecule has 2 rings (SSSR count). The van der Waals surface area contributed by atoms with Gasteiger partial charge in [-0.25, -0.2) is 0 Å². The minimum Gasteiger partial charge on any atom is -0.425 e. The molecule has 1 aliphatic rings. The molecule has 4 heteroatoms. The average molecular weight is 195 g/mol. The van der Waals surface area contributed by atoms with Gasteiger partial charge in [0.25, 0.3) is 0 Å². The van der Waals surface area contributed by atoms with Gasteiger partial charge < -0.3 is 9.73 Å². The number of aryl methyl sites for hydroxylation is 1. The Kier molecular flexibility index (Phi) is 2.82. The number of hydrogen-bond donors (Lipinski definition) is 1. The molecule has 1 fully saturated rings. The van der Waals surface area contributed by atoms with Crippen LogP contribution in [0, 0.1) is 0 Å². The van der Waals surface area contributed by atoms with E-state index in [0.29, 0.717) is 12.0 Å². The van der Waals surface area contributed by atoms with Crippen LogP contribution in [-0.2, 0) is 6.42 Å². The van der Waals surface area contributed by atoms with Crippen LogP contribution in [0.4, 0.5) is 0 Å². The second-order valence-electron chi connectivity index (χ2n) is 3.96. The first-order valence-corrected chi connectivity index (χ1v) is 5.35. The zero-order valence-electron chi connectivity index (χ0n) is 8.79. The molecular weight excluding hydrogens is 178 g/mol. The highest BCUT2D eigenvalue weighted by atomic mass is 16.4. The third-order valence-electron chi connectivity index (χ3n) is 2.76.